The third-order valence-corrected chi connectivity index (χ3v) is 4.28. The van der Waals surface area contributed by atoms with Crippen molar-refractivity contribution in [2.45, 2.75) is 11.4 Å². The average molecular weight is 316 g/mol. The fraction of sp³-hybridized carbons (Fsp3) is 0.125. The zero-order valence-corrected chi connectivity index (χ0v) is 12.4. The maximum atomic E-state index is 12.8. The molecule has 3 rings (SSSR count). The summed E-state index contributed by atoms with van der Waals surface area (Å²) < 4.78 is 14.0. The van der Waals surface area contributed by atoms with Crippen LogP contribution in [0.3, 0.4) is 0 Å². The summed E-state index contributed by atoms with van der Waals surface area (Å²) >= 11 is 1.47. The molecule has 112 valence electrons. The molecule has 0 spiro atoms. The lowest BCUT2D eigenvalue weighted by molar-refractivity contribution is 0.626. The summed E-state index contributed by atoms with van der Waals surface area (Å²) in [6, 6.07) is 13.1. The zero-order chi connectivity index (χ0) is 15.5. The molecule has 0 bridgehead atoms. The Morgan fingerprint density at radius 3 is 2.55 bits per heavy atom. The van der Waals surface area contributed by atoms with Gasteiger partial charge in [0.25, 0.3) is 5.56 Å². The largest absolute Gasteiger partial charge is 0.328 e. The van der Waals surface area contributed by atoms with Crippen LogP contribution in [0, 0.1) is 5.82 Å². The first kappa shape index (κ1) is 14.6. The molecule has 1 aromatic heterocycles. The Hall–Kier alpha value is -2.34. The number of aromatic amines is 1. The average Bonchev–Trinajstić information content (AvgIpc) is 2.52. The first-order chi connectivity index (χ1) is 10.6. The highest BCUT2D eigenvalue weighted by Gasteiger charge is 2.07. The monoisotopic (exact) mass is 316 g/mol. The number of thioether (sulfide) groups is 1. The highest BCUT2D eigenvalue weighted by Crippen LogP contribution is 2.17. The molecule has 6 heteroatoms. The molecule has 0 atom stereocenters. The van der Waals surface area contributed by atoms with E-state index in [0.29, 0.717) is 23.2 Å². The molecule has 0 radical (unpaired) electrons. The van der Waals surface area contributed by atoms with Gasteiger partial charge in [0.1, 0.15) is 5.82 Å². The first-order valence-electron chi connectivity index (χ1n) is 6.75. The number of nitrogens with one attached hydrogen (secondary N) is 1. The minimum absolute atomic E-state index is 0.286. The highest BCUT2D eigenvalue weighted by atomic mass is 32.2. The van der Waals surface area contributed by atoms with Crippen LogP contribution < -0.4 is 11.2 Å². The van der Waals surface area contributed by atoms with Crippen LogP contribution in [-0.2, 0) is 6.54 Å². The maximum Gasteiger partial charge on any atom is 0.328 e. The number of hydrogen-bond acceptors (Lipinski definition) is 3. The summed E-state index contributed by atoms with van der Waals surface area (Å²) in [6.07, 6.45) is 0. The molecule has 0 aliphatic carbocycles. The Bertz CT molecular complexity index is 916. The van der Waals surface area contributed by atoms with E-state index in [2.05, 4.69) is 4.98 Å². The van der Waals surface area contributed by atoms with Crippen molar-refractivity contribution in [3.05, 3.63) is 75.2 Å². The Morgan fingerprint density at radius 2 is 1.77 bits per heavy atom. The molecule has 2 aromatic carbocycles. The molecule has 22 heavy (non-hydrogen) atoms. The summed E-state index contributed by atoms with van der Waals surface area (Å²) in [5.74, 6) is 0.263. The van der Waals surface area contributed by atoms with Gasteiger partial charge in [0.2, 0.25) is 0 Å². The van der Waals surface area contributed by atoms with Crippen molar-refractivity contribution < 1.29 is 4.39 Å². The van der Waals surface area contributed by atoms with Gasteiger partial charge >= 0.3 is 5.69 Å². The van der Waals surface area contributed by atoms with E-state index in [1.54, 1.807) is 36.4 Å². The lowest BCUT2D eigenvalue weighted by Crippen LogP contribution is -2.35. The molecule has 1 N–H and O–H groups in total. The lowest BCUT2D eigenvalue weighted by atomic mass is 10.2. The molecule has 0 saturated carbocycles. The van der Waals surface area contributed by atoms with Crippen molar-refractivity contribution in [3.8, 4) is 0 Å². The molecular weight excluding hydrogens is 303 g/mol. The van der Waals surface area contributed by atoms with Crippen LogP contribution >= 0.6 is 11.8 Å². The third-order valence-electron chi connectivity index (χ3n) is 3.29. The van der Waals surface area contributed by atoms with E-state index in [1.807, 2.05) is 0 Å². The Labute approximate surface area is 129 Å². The second-order valence-corrected chi connectivity index (χ2v) is 5.90. The first-order valence-corrected chi connectivity index (χ1v) is 7.74. The standard InChI is InChI=1S/C16H13FN2O2S/c17-11-5-7-12(8-6-11)22-10-9-19-15(20)13-3-1-2-4-14(13)18-16(19)21/h1-8H,9-10H2,(H,18,21). The lowest BCUT2D eigenvalue weighted by Gasteiger charge is -2.06. The van der Waals surface area contributed by atoms with E-state index in [-0.39, 0.29) is 11.4 Å². The summed E-state index contributed by atoms with van der Waals surface area (Å²) in [6.45, 7) is 0.293. The molecule has 1 heterocycles. The van der Waals surface area contributed by atoms with Gasteiger partial charge in [-0.2, -0.15) is 0 Å². The van der Waals surface area contributed by atoms with Crippen molar-refractivity contribution in [3.63, 3.8) is 0 Å². The number of rotatable bonds is 4. The van der Waals surface area contributed by atoms with E-state index in [4.69, 9.17) is 0 Å². The Kier molecular flexibility index (Phi) is 4.11. The van der Waals surface area contributed by atoms with Gasteiger partial charge < -0.3 is 4.98 Å². The summed E-state index contributed by atoms with van der Waals surface area (Å²) in [5, 5.41) is 0.494. The van der Waals surface area contributed by atoms with Gasteiger partial charge in [-0.05, 0) is 36.4 Å². The minimum Gasteiger partial charge on any atom is -0.307 e. The number of nitrogens with zero attached hydrogens (tertiary/aromatic N) is 1. The molecule has 0 fully saturated rings. The third kappa shape index (κ3) is 2.96. The van der Waals surface area contributed by atoms with Gasteiger partial charge in [-0.15, -0.1) is 11.8 Å². The summed E-state index contributed by atoms with van der Waals surface area (Å²) in [5.41, 5.74) is -0.164. The predicted molar refractivity (Wildman–Crippen MR) is 86.0 cm³/mol. The highest BCUT2D eigenvalue weighted by molar-refractivity contribution is 7.99. The number of hydrogen-bond donors (Lipinski definition) is 1. The van der Waals surface area contributed by atoms with E-state index in [1.165, 1.54) is 28.5 Å². The van der Waals surface area contributed by atoms with Crippen LogP contribution in [0.1, 0.15) is 0 Å². The SMILES string of the molecule is O=c1[nH]c2ccccc2c(=O)n1CCSc1ccc(F)cc1. The number of fused-ring (bicyclic) bond motifs is 1. The van der Waals surface area contributed by atoms with Gasteiger partial charge in [0, 0.05) is 17.2 Å². The minimum atomic E-state index is -0.414. The number of benzene rings is 2. The molecule has 4 nitrogen and oxygen atoms in total. The number of H-pyrrole nitrogens is 1. The van der Waals surface area contributed by atoms with E-state index >= 15 is 0 Å². The fourth-order valence-electron chi connectivity index (χ4n) is 2.19. The second-order valence-electron chi connectivity index (χ2n) is 4.73. The Balaban J connectivity index is 1.80. The predicted octanol–water partition coefficient (Wildman–Crippen LogP) is 2.62. The maximum absolute atomic E-state index is 12.8. The number of para-hydroxylation sites is 1. The van der Waals surface area contributed by atoms with Gasteiger partial charge in [0.05, 0.1) is 10.9 Å². The topological polar surface area (TPSA) is 54.9 Å². The van der Waals surface area contributed by atoms with E-state index in [9.17, 15) is 14.0 Å². The summed E-state index contributed by atoms with van der Waals surface area (Å²) in [4.78, 5) is 27.9. The molecule has 0 aliphatic rings. The smallest absolute Gasteiger partial charge is 0.307 e. The summed E-state index contributed by atoms with van der Waals surface area (Å²) in [7, 11) is 0. The number of aromatic nitrogens is 2. The van der Waals surface area contributed by atoms with Gasteiger partial charge in [-0.1, -0.05) is 12.1 Å². The molecule has 0 aliphatic heterocycles. The van der Waals surface area contributed by atoms with Crippen molar-refractivity contribution >= 4 is 22.7 Å². The van der Waals surface area contributed by atoms with Gasteiger partial charge in [-0.25, -0.2) is 9.18 Å². The normalized spacial score (nSPS) is 11.0. The van der Waals surface area contributed by atoms with Crippen LogP contribution in [0.15, 0.2) is 63.0 Å². The van der Waals surface area contributed by atoms with Crippen LogP contribution in [0.4, 0.5) is 4.39 Å². The van der Waals surface area contributed by atoms with Crippen molar-refractivity contribution in [2.75, 3.05) is 5.75 Å². The van der Waals surface area contributed by atoms with Crippen molar-refractivity contribution in [2.24, 2.45) is 0 Å². The number of halogens is 1. The van der Waals surface area contributed by atoms with E-state index < -0.39 is 5.69 Å². The van der Waals surface area contributed by atoms with E-state index in [0.717, 1.165) is 4.90 Å². The quantitative estimate of drug-likeness (QED) is 0.753. The van der Waals surface area contributed by atoms with Crippen LogP contribution in [-0.4, -0.2) is 15.3 Å². The van der Waals surface area contributed by atoms with Crippen LogP contribution in [0.5, 0.6) is 0 Å². The van der Waals surface area contributed by atoms with Crippen molar-refractivity contribution in [1.82, 2.24) is 9.55 Å². The Morgan fingerprint density at radius 1 is 1.05 bits per heavy atom. The van der Waals surface area contributed by atoms with Gasteiger partial charge in [0.15, 0.2) is 0 Å². The molecular formula is C16H13FN2O2S. The molecule has 0 amide bonds. The van der Waals surface area contributed by atoms with Gasteiger partial charge in [-0.3, -0.25) is 9.36 Å². The van der Waals surface area contributed by atoms with Crippen molar-refractivity contribution in [1.29, 1.82) is 0 Å². The fourth-order valence-corrected chi connectivity index (χ4v) is 3.03. The van der Waals surface area contributed by atoms with Crippen LogP contribution in [0.2, 0.25) is 0 Å². The second kappa shape index (κ2) is 6.19. The van der Waals surface area contributed by atoms with Crippen LogP contribution in [0.25, 0.3) is 10.9 Å². The molecule has 0 saturated heterocycles. The molecule has 0 unspecified atom stereocenters. The molecule has 3 aromatic rings. The zero-order valence-electron chi connectivity index (χ0n) is 11.6.